The molecule has 1 aliphatic rings. The lowest BCUT2D eigenvalue weighted by Gasteiger charge is -2.14. The molecule has 18 heavy (non-hydrogen) atoms. The molecule has 0 atom stereocenters. The molecule has 1 aliphatic carbocycles. The third-order valence-electron chi connectivity index (χ3n) is 2.92. The number of thiophene rings is 1. The van der Waals surface area contributed by atoms with Gasteiger partial charge in [0.25, 0.3) is 5.91 Å². The summed E-state index contributed by atoms with van der Waals surface area (Å²) in [6.07, 6.45) is 1.19. The Labute approximate surface area is 118 Å². The molecule has 0 radical (unpaired) electrons. The summed E-state index contributed by atoms with van der Waals surface area (Å²) in [6.45, 7) is 1.72. The average molecular weight is 308 g/mol. The number of hydrogen-bond acceptors (Lipinski definition) is 4. The van der Waals surface area contributed by atoms with Gasteiger partial charge in [0.05, 0.1) is 17.0 Å². The Hall–Kier alpha value is -0.780. The molecule has 2 rings (SSSR count). The topological polar surface area (TPSA) is 55.4 Å². The van der Waals surface area contributed by atoms with E-state index in [-0.39, 0.29) is 5.91 Å². The number of nitrogens with one attached hydrogen (secondary N) is 1. The monoisotopic (exact) mass is 307 g/mol. The SMILES string of the molecule is COC(=O)C1(NC(=O)c2sc(Cl)c(Cl)c2C)CC1. The average Bonchev–Trinajstić information content (AvgIpc) is 3.08. The number of esters is 1. The van der Waals surface area contributed by atoms with Gasteiger partial charge in [0.15, 0.2) is 0 Å². The quantitative estimate of drug-likeness (QED) is 0.874. The van der Waals surface area contributed by atoms with Gasteiger partial charge in [-0.15, -0.1) is 11.3 Å². The predicted octanol–water partition coefficient (Wildman–Crippen LogP) is 2.80. The van der Waals surface area contributed by atoms with E-state index in [9.17, 15) is 9.59 Å². The van der Waals surface area contributed by atoms with Gasteiger partial charge in [-0.1, -0.05) is 23.2 Å². The fourth-order valence-corrected chi connectivity index (χ4v) is 3.11. The molecule has 0 bridgehead atoms. The lowest BCUT2D eigenvalue weighted by molar-refractivity contribution is -0.144. The number of rotatable bonds is 3. The summed E-state index contributed by atoms with van der Waals surface area (Å²) >= 11 is 12.9. The Morgan fingerprint density at radius 3 is 2.39 bits per heavy atom. The summed E-state index contributed by atoms with van der Waals surface area (Å²) in [4.78, 5) is 24.0. The van der Waals surface area contributed by atoms with Crippen molar-refractivity contribution in [2.45, 2.75) is 25.3 Å². The Bertz CT molecular complexity index is 523. The van der Waals surface area contributed by atoms with Crippen LogP contribution in [-0.2, 0) is 9.53 Å². The lowest BCUT2D eigenvalue weighted by Crippen LogP contribution is -2.43. The van der Waals surface area contributed by atoms with Crippen molar-refractivity contribution in [2.24, 2.45) is 0 Å². The standard InChI is InChI=1S/C11H11Cl2NO3S/c1-5-6(12)8(13)18-7(5)9(15)14-11(3-4-11)10(16)17-2/h3-4H2,1-2H3,(H,14,15). The van der Waals surface area contributed by atoms with Gasteiger partial charge in [0, 0.05) is 0 Å². The molecule has 1 heterocycles. The summed E-state index contributed by atoms with van der Waals surface area (Å²) < 4.78 is 5.05. The first-order valence-electron chi connectivity index (χ1n) is 5.26. The minimum Gasteiger partial charge on any atom is -0.467 e. The summed E-state index contributed by atoms with van der Waals surface area (Å²) in [7, 11) is 1.30. The van der Waals surface area contributed by atoms with Crippen molar-refractivity contribution in [3.8, 4) is 0 Å². The van der Waals surface area contributed by atoms with Crippen LogP contribution in [-0.4, -0.2) is 24.5 Å². The number of hydrogen-bond donors (Lipinski definition) is 1. The van der Waals surface area contributed by atoms with Crippen LogP contribution >= 0.6 is 34.5 Å². The Kier molecular flexibility index (Phi) is 3.58. The largest absolute Gasteiger partial charge is 0.467 e. The van der Waals surface area contributed by atoms with E-state index >= 15 is 0 Å². The van der Waals surface area contributed by atoms with E-state index in [1.807, 2.05) is 0 Å². The molecule has 1 saturated carbocycles. The zero-order valence-electron chi connectivity index (χ0n) is 9.80. The van der Waals surface area contributed by atoms with E-state index in [0.717, 1.165) is 11.3 Å². The molecule has 0 aromatic carbocycles. The number of methoxy groups -OCH3 is 1. The number of halogens is 2. The van der Waals surface area contributed by atoms with Crippen LogP contribution in [0.1, 0.15) is 28.1 Å². The van der Waals surface area contributed by atoms with Crippen LogP contribution in [0, 0.1) is 6.92 Å². The van der Waals surface area contributed by atoms with Crippen molar-refractivity contribution >= 4 is 46.4 Å². The molecule has 1 aromatic heterocycles. The zero-order valence-corrected chi connectivity index (χ0v) is 12.1. The summed E-state index contributed by atoms with van der Waals surface area (Å²) in [5.74, 6) is -0.753. The third kappa shape index (κ3) is 2.22. The van der Waals surface area contributed by atoms with E-state index in [1.54, 1.807) is 6.92 Å². The van der Waals surface area contributed by atoms with Crippen molar-refractivity contribution < 1.29 is 14.3 Å². The number of amides is 1. The van der Waals surface area contributed by atoms with E-state index in [1.165, 1.54) is 7.11 Å². The second-order valence-electron chi connectivity index (χ2n) is 4.17. The molecular weight excluding hydrogens is 297 g/mol. The Morgan fingerprint density at radius 2 is 2.00 bits per heavy atom. The van der Waals surface area contributed by atoms with Crippen LogP contribution in [0.15, 0.2) is 0 Å². The third-order valence-corrected chi connectivity index (χ3v) is 5.10. The molecular formula is C11H11Cl2NO3S. The van der Waals surface area contributed by atoms with Crippen molar-refractivity contribution in [3.05, 3.63) is 19.8 Å². The molecule has 1 fully saturated rings. The van der Waals surface area contributed by atoms with Crippen molar-refractivity contribution in [1.29, 1.82) is 0 Å². The first-order chi connectivity index (χ1) is 8.41. The van der Waals surface area contributed by atoms with Crippen molar-refractivity contribution in [3.63, 3.8) is 0 Å². The summed E-state index contributed by atoms with van der Waals surface area (Å²) in [6, 6.07) is 0. The van der Waals surface area contributed by atoms with Crippen LogP contribution in [0.25, 0.3) is 0 Å². The number of ether oxygens (including phenoxy) is 1. The Morgan fingerprint density at radius 1 is 1.39 bits per heavy atom. The molecule has 7 heteroatoms. The normalized spacial score (nSPS) is 16.2. The summed E-state index contributed by atoms with van der Waals surface area (Å²) in [5.41, 5.74) is -0.230. The Balaban J connectivity index is 2.18. The van der Waals surface area contributed by atoms with E-state index < -0.39 is 11.5 Å². The van der Waals surface area contributed by atoms with Crippen molar-refractivity contribution in [2.75, 3.05) is 7.11 Å². The van der Waals surface area contributed by atoms with Gasteiger partial charge in [-0.2, -0.15) is 0 Å². The first kappa shape index (κ1) is 13.6. The molecule has 0 saturated heterocycles. The summed E-state index contributed by atoms with van der Waals surface area (Å²) in [5, 5.41) is 3.08. The lowest BCUT2D eigenvalue weighted by atomic mass is 10.2. The van der Waals surface area contributed by atoms with Gasteiger partial charge >= 0.3 is 5.97 Å². The number of carbonyl (C=O) groups is 2. The minimum atomic E-state index is -0.860. The fraction of sp³-hybridized carbons (Fsp3) is 0.455. The highest BCUT2D eigenvalue weighted by molar-refractivity contribution is 7.19. The van der Waals surface area contributed by atoms with Crippen LogP contribution in [0.2, 0.25) is 9.36 Å². The van der Waals surface area contributed by atoms with Crippen LogP contribution in [0.3, 0.4) is 0 Å². The molecule has 4 nitrogen and oxygen atoms in total. The van der Waals surface area contributed by atoms with Crippen molar-refractivity contribution in [1.82, 2.24) is 5.32 Å². The molecule has 1 aromatic rings. The molecule has 0 aliphatic heterocycles. The molecule has 1 N–H and O–H groups in total. The second-order valence-corrected chi connectivity index (χ2v) is 6.17. The van der Waals surface area contributed by atoms with Gasteiger partial charge in [-0.25, -0.2) is 4.79 Å². The fourth-order valence-electron chi connectivity index (χ4n) is 1.65. The smallest absolute Gasteiger partial charge is 0.331 e. The maximum absolute atomic E-state index is 12.1. The number of carbonyl (C=O) groups excluding carboxylic acids is 2. The maximum Gasteiger partial charge on any atom is 0.331 e. The minimum absolute atomic E-state index is 0.339. The molecule has 0 unspecified atom stereocenters. The zero-order chi connectivity index (χ0) is 13.5. The van der Waals surface area contributed by atoms with E-state index in [2.05, 4.69) is 10.1 Å². The highest BCUT2D eigenvalue weighted by Crippen LogP contribution is 2.39. The van der Waals surface area contributed by atoms with E-state index in [4.69, 9.17) is 23.2 Å². The highest BCUT2D eigenvalue weighted by Gasteiger charge is 2.52. The maximum atomic E-state index is 12.1. The van der Waals surface area contributed by atoms with Gasteiger partial charge in [0.2, 0.25) is 0 Å². The molecule has 1 amide bonds. The second kappa shape index (κ2) is 4.72. The van der Waals surface area contributed by atoms with Gasteiger partial charge in [-0.05, 0) is 25.3 Å². The molecule has 0 spiro atoms. The van der Waals surface area contributed by atoms with Crippen LogP contribution in [0.5, 0.6) is 0 Å². The highest BCUT2D eigenvalue weighted by atomic mass is 35.5. The van der Waals surface area contributed by atoms with Gasteiger partial charge in [0.1, 0.15) is 9.88 Å². The predicted molar refractivity (Wildman–Crippen MR) is 70.5 cm³/mol. The van der Waals surface area contributed by atoms with Crippen LogP contribution in [0.4, 0.5) is 0 Å². The van der Waals surface area contributed by atoms with E-state index in [0.29, 0.717) is 32.6 Å². The first-order valence-corrected chi connectivity index (χ1v) is 6.84. The van der Waals surface area contributed by atoms with Gasteiger partial charge < -0.3 is 10.1 Å². The van der Waals surface area contributed by atoms with Crippen LogP contribution < -0.4 is 5.32 Å². The molecule has 98 valence electrons. The van der Waals surface area contributed by atoms with Gasteiger partial charge in [-0.3, -0.25) is 4.79 Å².